The van der Waals surface area contributed by atoms with Crippen molar-refractivity contribution >= 4 is 29.0 Å². The molecule has 3 aromatic carbocycles. The van der Waals surface area contributed by atoms with Gasteiger partial charge in [0.1, 0.15) is 12.4 Å². The van der Waals surface area contributed by atoms with Gasteiger partial charge in [-0.1, -0.05) is 60.7 Å². The summed E-state index contributed by atoms with van der Waals surface area (Å²) < 4.78 is 5.19. The lowest BCUT2D eigenvalue weighted by Gasteiger charge is -2.10. The Bertz CT molecular complexity index is 1300. The highest BCUT2D eigenvalue weighted by atomic mass is 16.5. The van der Waals surface area contributed by atoms with Crippen molar-refractivity contribution in [1.82, 2.24) is 10.4 Å². The molecule has 1 aromatic heterocycles. The topological polar surface area (TPSA) is 104 Å². The summed E-state index contributed by atoms with van der Waals surface area (Å²) in [7, 11) is 0. The SMILES string of the molecule is O=C([O-])COc1ccccc1/C=N\NC(=O)c1cc(-c2ccccc2)nc2ccccc12. The highest BCUT2D eigenvalue weighted by Crippen LogP contribution is 2.24. The molecule has 0 aliphatic carbocycles. The van der Waals surface area contributed by atoms with Gasteiger partial charge in [-0.05, 0) is 24.3 Å². The first kappa shape index (κ1) is 20.7. The number of amides is 1. The number of para-hydroxylation sites is 2. The molecule has 0 saturated carbocycles. The summed E-state index contributed by atoms with van der Waals surface area (Å²) in [6.45, 7) is -0.581. The van der Waals surface area contributed by atoms with E-state index in [0.29, 0.717) is 33.5 Å². The molecule has 0 atom stereocenters. The number of carbonyl (C=O) groups is 2. The van der Waals surface area contributed by atoms with Crippen LogP contribution in [-0.4, -0.2) is 29.7 Å². The highest BCUT2D eigenvalue weighted by Gasteiger charge is 2.13. The van der Waals surface area contributed by atoms with Gasteiger partial charge in [0.25, 0.3) is 5.91 Å². The highest BCUT2D eigenvalue weighted by molar-refractivity contribution is 6.07. The molecule has 32 heavy (non-hydrogen) atoms. The van der Waals surface area contributed by atoms with Crippen LogP contribution >= 0.6 is 0 Å². The summed E-state index contributed by atoms with van der Waals surface area (Å²) >= 11 is 0. The van der Waals surface area contributed by atoms with Crippen LogP contribution in [-0.2, 0) is 4.79 Å². The molecule has 4 aromatic rings. The number of hydrazone groups is 1. The van der Waals surface area contributed by atoms with Gasteiger partial charge >= 0.3 is 0 Å². The minimum atomic E-state index is -1.33. The van der Waals surface area contributed by atoms with E-state index in [1.807, 2.05) is 54.6 Å². The zero-order chi connectivity index (χ0) is 22.3. The van der Waals surface area contributed by atoms with E-state index < -0.39 is 18.5 Å². The van der Waals surface area contributed by atoms with E-state index in [1.165, 1.54) is 6.21 Å². The molecule has 0 bridgehead atoms. The second kappa shape index (κ2) is 9.53. The number of rotatable bonds is 7. The number of aliphatic carboxylic acids is 1. The number of carboxylic acids is 1. The zero-order valence-corrected chi connectivity index (χ0v) is 16.9. The molecule has 0 radical (unpaired) electrons. The maximum Gasteiger partial charge on any atom is 0.272 e. The number of nitrogens with one attached hydrogen (secondary N) is 1. The number of fused-ring (bicyclic) bond motifs is 1. The molecule has 7 nitrogen and oxygen atoms in total. The molecule has 1 heterocycles. The van der Waals surface area contributed by atoms with Crippen LogP contribution in [0.4, 0.5) is 0 Å². The fraction of sp³-hybridized carbons (Fsp3) is 0.0400. The summed E-state index contributed by atoms with van der Waals surface area (Å²) in [6, 6.07) is 25.5. The Morgan fingerprint density at radius 2 is 1.69 bits per heavy atom. The third kappa shape index (κ3) is 4.79. The van der Waals surface area contributed by atoms with Crippen molar-refractivity contribution in [3.8, 4) is 17.0 Å². The fourth-order valence-electron chi connectivity index (χ4n) is 3.20. The standard InChI is InChI=1S/C25H19N3O4/c29-24(30)16-32-23-13-7-4-10-18(23)15-26-28-25(31)20-14-22(17-8-2-1-3-9-17)27-21-12-6-5-11-19(20)21/h1-15H,16H2,(H,28,31)(H,29,30)/p-1/b26-15-. The van der Waals surface area contributed by atoms with Crippen molar-refractivity contribution in [2.45, 2.75) is 0 Å². The number of benzene rings is 3. The Hall–Kier alpha value is -4.52. The molecule has 0 aliphatic rings. The zero-order valence-electron chi connectivity index (χ0n) is 16.9. The van der Waals surface area contributed by atoms with Crippen LogP contribution in [0.15, 0.2) is 90.0 Å². The lowest BCUT2D eigenvalue weighted by atomic mass is 10.0. The number of nitrogens with zero attached hydrogens (tertiary/aromatic N) is 2. The molecular formula is C25H18N3O4-. The van der Waals surface area contributed by atoms with Gasteiger partial charge in [-0.2, -0.15) is 5.10 Å². The van der Waals surface area contributed by atoms with Gasteiger partial charge in [0.05, 0.1) is 29.0 Å². The second-order valence-electron chi connectivity index (χ2n) is 6.84. The van der Waals surface area contributed by atoms with Crippen molar-refractivity contribution in [3.05, 3.63) is 96.1 Å². The Balaban J connectivity index is 1.60. The van der Waals surface area contributed by atoms with Crippen LogP contribution < -0.4 is 15.3 Å². The molecule has 158 valence electrons. The minimum Gasteiger partial charge on any atom is -0.546 e. The van der Waals surface area contributed by atoms with Gasteiger partial charge in [-0.15, -0.1) is 0 Å². The van der Waals surface area contributed by atoms with E-state index in [9.17, 15) is 14.7 Å². The van der Waals surface area contributed by atoms with Crippen molar-refractivity contribution in [2.24, 2.45) is 5.10 Å². The van der Waals surface area contributed by atoms with Crippen LogP contribution in [0, 0.1) is 0 Å². The largest absolute Gasteiger partial charge is 0.546 e. The number of pyridine rings is 1. The first-order valence-electron chi connectivity index (χ1n) is 9.82. The summed E-state index contributed by atoms with van der Waals surface area (Å²) in [5.74, 6) is -1.41. The average Bonchev–Trinajstić information content (AvgIpc) is 2.83. The molecule has 0 unspecified atom stereocenters. The summed E-state index contributed by atoms with van der Waals surface area (Å²) in [6.07, 6.45) is 1.39. The lowest BCUT2D eigenvalue weighted by Crippen LogP contribution is -2.29. The Morgan fingerprint density at radius 3 is 2.50 bits per heavy atom. The molecule has 1 amide bonds. The Morgan fingerprint density at radius 1 is 0.969 bits per heavy atom. The Kier molecular flexibility index (Phi) is 6.17. The summed E-state index contributed by atoms with van der Waals surface area (Å²) in [4.78, 5) is 28.3. The third-order valence-corrected chi connectivity index (χ3v) is 4.66. The van der Waals surface area contributed by atoms with Gasteiger partial charge in [0, 0.05) is 16.5 Å². The normalized spacial score (nSPS) is 10.9. The monoisotopic (exact) mass is 424 g/mol. The fourth-order valence-corrected chi connectivity index (χ4v) is 3.20. The number of hydrogen-bond acceptors (Lipinski definition) is 6. The molecule has 0 aliphatic heterocycles. The average molecular weight is 424 g/mol. The van der Waals surface area contributed by atoms with E-state index in [4.69, 9.17) is 4.74 Å². The van der Waals surface area contributed by atoms with E-state index in [1.54, 1.807) is 30.3 Å². The molecular weight excluding hydrogens is 406 g/mol. The number of ether oxygens (including phenoxy) is 1. The minimum absolute atomic E-state index is 0.315. The van der Waals surface area contributed by atoms with Gasteiger partial charge < -0.3 is 14.6 Å². The van der Waals surface area contributed by atoms with Crippen LogP contribution in [0.5, 0.6) is 5.75 Å². The predicted octanol–water partition coefficient (Wildman–Crippen LogP) is 2.79. The van der Waals surface area contributed by atoms with Gasteiger partial charge in [0.15, 0.2) is 0 Å². The molecule has 0 saturated heterocycles. The van der Waals surface area contributed by atoms with E-state index in [2.05, 4.69) is 15.5 Å². The second-order valence-corrected chi connectivity index (χ2v) is 6.84. The van der Waals surface area contributed by atoms with Crippen molar-refractivity contribution in [3.63, 3.8) is 0 Å². The van der Waals surface area contributed by atoms with Gasteiger partial charge in [-0.3, -0.25) is 4.79 Å². The summed E-state index contributed by atoms with van der Waals surface area (Å²) in [5, 5.41) is 15.4. The first-order chi connectivity index (χ1) is 15.6. The van der Waals surface area contributed by atoms with E-state index >= 15 is 0 Å². The number of carboxylic acid groups (broad SMARTS) is 1. The maximum absolute atomic E-state index is 13.0. The smallest absolute Gasteiger partial charge is 0.272 e. The molecule has 1 N–H and O–H groups in total. The van der Waals surface area contributed by atoms with Crippen molar-refractivity contribution < 1.29 is 19.4 Å². The van der Waals surface area contributed by atoms with Crippen molar-refractivity contribution in [2.75, 3.05) is 6.61 Å². The number of carbonyl (C=O) groups excluding carboxylic acids is 2. The third-order valence-electron chi connectivity index (χ3n) is 4.66. The quantitative estimate of drug-likeness (QED) is 0.363. The molecule has 7 heteroatoms. The van der Waals surface area contributed by atoms with E-state index in [0.717, 1.165) is 5.56 Å². The van der Waals surface area contributed by atoms with Crippen LogP contribution in [0.1, 0.15) is 15.9 Å². The predicted molar refractivity (Wildman–Crippen MR) is 119 cm³/mol. The summed E-state index contributed by atoms with van der Waals surface area (Å²) in [5.41, 5.74) is 5.76. The molecule has 4 rings (SSSR count). The first-order valence-corrected chi connectivity index (χ1v) is 9.82. The van der Waals surface area contributed by atoms with Gasteiger partial charge in [0.2, 0.25) is 0 Å². The molecule has 0 spiro atoms. The van der Waals surface area contributed by atoms with Crippen LogP contribution in [0.3, 0.4) is 0 Å². The van der Waals surface area contributed by atoms with Crippen LogP contribution in [0.2, 0.25) is 0 Å². The van der Waals surface area contributed by atoms with E-state index in [-0.39, 0.29) is 0 Å². The molecule has 0 fully saturated rings. The number of aromatic nitrogens is 1. The van der Waals surface area contributed by atoms with Crippen LogP contribution in [0.25, 0.3) is 22.2 Å². The lowest BCUT2D eigenvalue weighted by molar-refractivity contribution is -0.307. The van der Waals surface area contributed by atoms with Crippen molar-refractivity contribution in [1.29, 1.82) is 0 Å². The number of hydrogen-bond donors (Lipinski definition) is 1. The van der Waals surface area contributed by atoms with Gasteiger partial charge in [-0.25, -0.2) is 10.4 Å². The Labute approximate surface area is 184 Å². The maximum atomic E-state index is 13.0.